The molecule has 1 unspecified atom stereocenters. The molecule has 28 heavy (non-hydrogen) atoms. The highest BCUT2D eigenvalue weighted by atomic mass is 16.5. The summed E-state index contributed by atoms with van der Waals surface area (Å²) in [6, 6.07) is 1.91. The van der Waals surface area contributed by atoms with Crippen molar-refractivity contribution in [2.45, 2.75) is 71.0 Å². The molecule has 0 bridgehead atoms. The predicted molar refractivity (Wildman–Crippen MR) is 113 cm³/mol. The molecule has 1 aromatic heterocycles. The normalized spacial score (nSPS) is 21.6. The molecule has 0 saturated carbocycles. The van der Waals surface area contributed by atoms with E-state index in [2.05, 4.69) is 26.5 Å². The second-order valence-electron chi connectivity index (χ2n) is 9.58. The van der Waals surface area contributed by atoms with Crippen LogP contribution in [0.15, 0.2) is 34.0 Å². The Hall–Kier alpha value is -2.49. The van der Waals surface area contributed by atoms with E-state index in [4.69, 9.17) is 13.9 Å². The molecule has 0 N–H and O–H groups in total. The highest BCUT2D eigenvalue weighted by Crippen LogP contribution is 2.54. The average Bonchev–Trinajstić information content (AvgIpc) is 2.83. The van der Waals surface area contributed by atoms with Gasteiger partial charge in [0, 0.05) is 22.0 Å². The number of benzene rings is 1. The number of fused-ring (bicyclic) bond motifs is 6. The van der Waals surface area contributed by atoms with Crippen LogP contribution in [0.2, 0.25) is 0 Å². The highest BCUT2D eigenvalue weighted by molar-refractivity contribution is 5.96. The van der Waals surface area contributed by atoms with Crippen LogP contribution in [0, 0.1) is 0 Å². The van der Waals surface area contributed by atoms with E-state index in [0.717, 1.165) is 22.3 Å². The van der Waals surface area contributed by atoms with Crippen LogP contribution in [0.25, 0.3) is 17.0 Å². The van der Waals surface area contributed by atoms with E-state index >= 15 is 0 Å². The predicted octanol–water partition coefficient (Wildman–Crippen LogP) is 5.50. The number of ether oxygens (including phenoxy) is 2. The summed E-state index contributed by atoms with van der Waals surface area (Å²) in [7, 11) is 0. The zero-order valence-electron chi connectivity index (χ0n) is 17.7. The largest absolute Gasteiger partial charge is 0.489 e. The Morgan fingerprint density at radius 3 is 2.50 bits per heavy atom. The monoisotopic (exact) mass is 380 g/mol. The fourth-order valence-electron chi connectivity index (χ4n) is 3.95. The second kappa shape index (κ2) is 5.53. The van der Waals surface area contributed by atoms with Gasteiger partial charge in [0.05, 0.1) is 10.9 Å². The lowest BCUT2D eigenvalue weighted by Gasteiger charge is -2.30. The van der Waals surface area contributed by atoms with Crippen molar-refractivity contribution in [3.05, 3.63) is 51.9 Å². The molecule has 2 aliphatic heterocycles. The molecule has 2 aromatic rings. The maximum atomic E-state index is 12.9. The molecule has 148 valence electrons. The molecule has 3 heterocycles. The Morgan fingerprint density at radius 1 is 1.18 bits per heavy atom. The van der Waals surface area contributed by atoms with Crippen LogP contribution in [-0.4, -0.2) is 11.7 Å². The van der Waals surface area contributed by atoms with Crippen molar-refractivity contribution in [2.24, 2.45) is 0 Å². The molecule has 4 nitrogen and oxygen atoms in total. The van der Waals surface area contributed by atoms with E-state index in [1.807, 2.05) is 46.8 Å². The lowest BCUT2D eigenvalue weighted by Crippen LogP contribution is -2.30. The van der Waals surface area contributed by atoms with Gasteiger partial charge in [-0.3, -0.25) is 0 Å². The molecule has 0 amide bonds. The molecule has 0 fully saturated rings. The first-order chi connectivity index (χ1) is 12.9. The first kappa shape index (κ1) is 18.9. The van der Waals surface area contributed by atoms with Crippen LogP contribution in [0.3, 0.4) is 0 Å². The smallest absolute Gasteiger partial charge is 0.340 e. The number of hydrogen-bond donors (Lipinski definition) is 0. The maximum absolute atomic E-state index is 12.9. The van der Waals surface area contributed by atoms with Gasteiger partial charge in [-0.1, -0.05) is 33.8 Å². The molecule has 1 atom stereocenters. The van der Waals surface area contributed by atoms with Gasteiger partial charge >= 0.3 is 5.63 Å². The van der Waals surface area contributed by atoms with Crippen LogP contribution in [-0.2, 0) is 10.8 Å². The minimum Gasteiger partial charge on any atom is -0.489 e. The average molecular weight is 380 g/mol. The molecular weight excluding hydrogens is 352 g/mol. The zero-order valence-corrected chi connectivity index (χ0v) is 17.7. The molecule has 0 aliphatic carbocycles. The van der Waals surface area contributed by atoms with Gasteiger partial charge in [0.2, 0.25) is 0 Å². The van der Waals surface area contributed by atoms with Crippen molar-refractivity contribution >= 4 is 17.0 Å². The van der Waals surface area contributed by atoms with Gasteiger partial charge < -0.3 is 13.9 Å². The third-order valence-corrected chi connectivity index (χ3v) is 6.31. The molecule has 0 radical (unpaired) electrons. The number of hydrogen-bond acceptors (Lipinski definition) is 4. The molecule has 4 rings (SSSR count). The minimum atomic E-state index is -0.514. The molecule has 0 spiro atoms. The van der Waals surface area contributed by atoms with E-state index in [-0.39, 0.29) is 17.1 Å². The van der Waals surface area contributed by atoms with Crippen LogP contribution in [0.1, 0.15) is 65.2 Å². The first-order valence-corrected chi connectivity index (χ1v) is 9.76. The molecule has 0 saturated heterocycles. The van der Waals surface area contributed by atoms with Crippen LogP contribution >= 0.6 is 0 Å². The summed E-state index contributed by atoms with van der Waals surface area (Å²) < 4.78 is 18.5. The number of rotatable bonds is 2. The van der Waals surface area contributed by atoms with Gasteiger partial charge in [-0.05, 0) is 39.0 Å². The van der Waals surface area contributed by atoms with Gasteiger partial charge in [-0.25, -0.2) is 4.79 Å². The van der Waals surface area contributed by atoms with Crippen LogP contribution < -0.4 is 15.1 Å². The molecule has 2 aliphatic rings. The Kier molecular flexibility index (Phi) is 3.72. The summed E-state index contributed by atoms with van der Waals surface area (Å²) >= 11 is 0. The lowest BCUT2D eigenvalue weighted by molar-refractivity contribution is 0.158. The third-order valence-electron chi connectivity index (χ3n) is 6.31. The number of allylic oxidation sites excluding steroid dienone is 1. The third kappa shape index (κ3) is 2.47. The van der Waals surface area contributed by atoms with Gasteiger partial charge in [0.15, 0.2) is 0 Å². The van der Waals surface area contributed by atoms with Gasteiger partial charge in [-0.15, -0.1) is 6.58 Å². The standard InChI is InChI=1S/C24H28O4/c1-9-22(3,4)16-12-15-18-14(10-11-23(5,6)28-18)19-17(20(15)27-21(16)25)24(7,8)13(2)26-19/h9-13H,1H2,2-8H3. The van der Waals surface area contributed by atoms with Crippen molar-refractivity contribution in [1.29, 1.82) is 0 Å². The molecular formula is C24H28O4. The summed E-state index contributed by atoms with van der Waals surface area (Å²) in [6.07, 6.45) is 5.82. The zero-order chi connectivity index (χ0) is 20.6. The van der Waals surface area contributed by atoms with Crippen molar-refractivity contribution < 1.29 is 13.9 Å². The topological polar surface area (TPSA) is 48.7 Å². The summed E-state index contributed by atoms with van der Waals surface area (Å²) in [6.45, 7) is 18.1. The Morgan fingerprint density at radius 2 is 1.86 bits per heavy atom. The quantitative estimate of drug-likeness (QED) is 0.510. The Labute approximate surface area is 165 Å². The van der Waals surface area contributed by atoms with Crippen molar-refractivity contribution in [1.82, 2.24) is 0 Å². The molecule has 4 heteroatoms. The van der Waals surface area contributed by atoms with Gasteiger partial charge in [-0.2, -0.15) is 0 Å². The second-order valence-corrected chi connectivity index (χ2v) is 9.58. The van der Waals surface area contributed by atoms with Crippen molar-refractivity contribution in [3.63, 3.8) is 0 Å². The van der Waals surface area contributed by atoms with E-state index in [9.17, 15) is 4.79 Å². The Balaban J connectivity index is 2.18. The maximum Gasteiger partial charge on any atom is 0.340 e. The van der Waals surface area contributed by atoms with Gasteiger partial charge in [0.25, 0.3) is 0 Å². The SMILES string of the molecule is C=CC(C)(C)c1cc2c3c(c4c(c2oc1=O)C(C)(C)C(C)O4)C=CC(C)(C)O3. The fourth-order valence-corrected chi connectivity index (χ4v) is 3.95. The minimum absolute atomic E-state index is 0.0462. The summed E-state index contributed by atoms with van der Waals surface area (Å²) in [5.41, 5.74) is 1.35. The first-order valence-electron chi connectivity index (χ1n) is 9.76. The summed E-state index contributed by atoms with van der Waals surface area (Å²) in [5, 5.41) is 0.807. The van der Waals surface area contributed by atoms with Gasteiger partial charge in [0.1, 0.15) is 28.8 Å². The fraction of sp³-hybridized carbons (Fsp3) is 0.458. The highest BCUT2D eigenvalue weighted by Gasteiger charge is 2.45. The summed E-state index contributed by atoms with van der Waals surface area (Å²) in [4.78, 5) is 12.9. The lowest BCUT2D eigenvalue weighted by atomic mass is 9.79. The Bertz CT molecular complexity index is 1100. The summed E-state index contributed by atoms with van der Waals surface area (Å²) in [5.74, 6) is 1.46. The van der Waals surface area contributed by atoms with Crippen LogP contribution in [0.4, 0.5) is 0 Å². The van der Waals surface area contributed by atoms with Crippen molar-refractivity contribution in [3.8, 4) is 11.5 Å². The molecule has 1 aromatic carbocycles. The van der Waals surface area contributed by atoms with E-state index in [1.54, 1.807) is 6.08 Å². The van der Waals surface area contributed by atoms with Crippen LogP contribution in [0.5, 0.6) is 11.5 Å². The van der Waals surface area contributed by atoms with Crippen molar-refractivity contribution in [2.75, 3.05) is 0 Å². The van der Waals surface area contributed by atoms with E-state index in [1.165, 1.54) is 0 Å². The van der Waals surface area contributed by atoms with E-state index < -0.39 is 11.0 Å². The van der Waals surface area contributed by atoms with E-state index in [0.29, 0.717) is 16.9 Å².